The summed E-state index contributed by atoms with van der Waals surface area (Å²) in [4.78, 5) is 21.4. The van der Waals surface area contributed by atoms with E-state index in [1.54, 1.807) is 0 Å². The molecule has 4 N–H and O–H groups in total. The first-order valence-electron chi connectivity index (χ1n) is 8.28. The lowest BCUT2D eigenvalue weighted by Gasteiger charge is -2.11. The van der Waals surface area contributed by atoms with Crippen molar-refractivity contribution in [3.63, 3.8) is 0 Å². The van der Waals surface area contributed by atoms with Crippen molar-refractivity contribution in [2.45, 2.75) is 90.6 Å². The van der Waals surface area contributed by atoms with Crippen molar-refractivity contribution < 1.29 is 34.8 Å². The summed E-state index contributed by atoms with van der Waals surface area (Å²) in [5.41, 5.74) is 0. The summed E-state index contributed by atoms with van der Waals surface area (Å²) in [6.45, 7) is 3.96. The van der Waals surface area contributed by atoms with E-state index < -0.39 is 24.5 Å². The number of ether oxygens (including phenoxy) is 1. The molecular weight excluding hydrogens is 304 g/mol. The number of unbranched alkanes of at least 4 members (excludes halogenated alkanes) is 3. The lowest BCUT2D eigenvalue weighted by molar-refractivity contribution is -0.169. The van der Waals surface area contributed by atoms with E-state index in [9.17, 15) is 14.7 Å². The van der Waals surface area contributed by atoms with Gasteiger partial charge in [-0.25, -0.2) is 0 Å². The molecule has 0 rings (SSSR count). The molecule has 0 fully saturated rings. The van der Waals surface area contributed by atoms with Gasteiger partial charge in [0.15, 0.2) is 6.29 Å². The van der Waals surface area contributed by atoms with E-state index in [4.69, 9.17) is 20.1 Å². The highest BCUT2D eigenvalue weighted by molar-refractivity contribution is 5.69. The molecule has 0 aliphatic heterocycles. The van der Waals surface area contributed by atoms with Crippen LogP contribution in [-0.4, -0.2) is 44.9 Å². The first-order chi connectivity index (χ1) is 10.8. The minimum Gasteiger partial charge on any atom is -0.481 e. The van der Waals surface area contributed by atoms with E-state index in [2.05, 4.69) is 6.92 Å². The molecule has 0 saturated heterocycles. The fourth-order valence-electron chi connectivity index (χ4n) is 1.64. The zero-order chi connectivity index (χ0) is 18.1. The van der Waals surface area contributed by atoms with Crippen LogP contribution in [0, 0.1) is 0 Å². The number of aliphatic hydroxyl groups excluding tert-OH is 2. The van der Waals surface area contributed by atoms with Crippen molar-refractivity contribution in [2.24, 2.45) is 0 Å². The number of aliphatic hydroxyl groups is 3. The second-order valence-electron chi connectivity index (χ2n) is 5.31. The van der Waals surface area contributed by atoms with E-state index in [1.165, 1.54) is 0 Å². The molecule has 1 unspecified atom stereocenters. The van der Waals surface area contributed by atoms with Crippen molar-refractivity contribution in [2.75, 3.05) is 0 Å². The quantitative estimate of drug-likeness (QED) is 0.244. The Morgan fingerprint density at radius 3 is 1.91 bits per heavy atom. The summed E-state index contributed by atoms with van der Waals surface area (Å²) in [7, 11) is 0. The number of hydrogen-bond donors (Lipinski definition) is 4. The Labute approximate surface area is 138 Å². The number of carboxylic acid groups (broad SMARTS) is 1. The Hall–Kier alpha value is -1.18. The predicted molar refractivity (Wildman–Crippen MR) is 85.5 cm³/mol. The monoisotopic (exact) mass is 336 g/mol. The molecule has 0 aromatic heterocycles. The van der Waals surface area contributed by atoms with Crippen LogP contribution >= 0.6 is 0 Å². The summed E-state index contributed by atoms with van der Waals surface area (Å²) in [6.07, 6.45) is 3.72. The molecular formula is C16H32O7. The van der Waals surface area contributed by atoms with Gasteiger partial charge in [0, 0.05) is 19.3 Å². The smallest absolute Gasteiger partial charge is 0.308 e. The number of carbonyl (C=O) groups is 2. The molecule has 138 valence electrons. The fraction of sp³-hybridized carbons (Fsp3) is 0.875. The zero-order valence-corrected chi connectivity index (χ0v) is 14.2. The van der Waals surface area contributed by atoms with Crippen molar-refractivity contribution >= 4 is 11.9 Å². The van der Waals surface area contributed by atoms with E-state index in [-0.39, 0.29) is 12.8 Å². The van der Waals surface area contributed by atoms with Crippen LogP contribution < -0.4 is 0 Å². The van der Waals surface area contributed by atoms with Crippen molar-refractivity contribution in [1.82, 2.24) is 0 Å². The van der Waals surface area contributed by atoms with Gasteiger partial charge in [0.05, 0.1) is 0 Å². The molecule has 0 saturated carbocycles. The first-order valence-corrected chi connectivity index (χ1v) is 8.28. The van der Waals surface area contributed by atoms with E-state index in [0.717, 1.165) is 25.7 Å². The fourth-order valence-corrected chi connectivity index (χ4v) is 1.64. The highest BCUT2D eigenvalue weighted by Gasteiger charge is 2.10. The average molecular weight is 336 g/mol. The van der Waals surface area contributed by atoms with Gasteiger partial charge in [-0.3, -0.25) is 9.59 Å². The molecule has 0 amide bonds. The Morgan fingerprint density at radius 1 is 0.870 bits per heavy atom. The third-order valence-corrected chi connectivity index (χ3v) is 2.89. The van der Waals surface area contributed by atoms with Crippen LogP contribution in [0.3, 0.4) is 0 Å². The van der Waals surface area contributed by atoms with Crippen molar-refractivity contribution in [1.29, 1.82) is 0 Å². The molecule has 0 radical (unpaired) electrons. The number of hydrogen-bond acceptors (Lipinski definition) is 6. The first kappa shape index (κ1) is 24.1. The molecule has 7 nitrogen and oxygen atoms in total. The second kappa shape index (κ2) is 17.2. The topological polar surface area (TPSA) is 124 Å². The number of esters is 1. The highest BCUT2D eigenvalue weighted by Crippen LogP contribution is 2.07. The summed E-state index contributed by atoms with van der Waals surface area (Å²) >= 11 is 0. The normalized spacial score (nSPS) is 11.6. The van der Waals surface area contributed by atoms with Crippen LogP contribution in [0.5, 0.6) is 0 Å². The minimum atomic E-state index is -1.10. The Kier molecular flexibility index (Phi) is 18.0. The molecule has 0 bridgehead atoms. The lowest BCUT2D eigenvalue weighted by atomic mass is 10.2. The van der Waals surface area contributed by atoms with Gasteiger partial charge in [0.1, 0.15) is 0 Å². The van der Waals surface area contributed by atoms with Crippen LogP contribution in [0.15, 0.2) is 0 Å². The maximum Gasteiger partial charge on any atom is 0.308 e. The predicted octanol–water partition coefficient (Wildman–Crippen LogP) is 2.17. The summed E-state index contributed by atoms with van der Waals surface area (Å²) < 4.78 is 4.77. The zero-order valence-electron chi connectivity index (χ0n) is 14.2. The van der Waals surface area contributed by atoms with Gasteiger partial charge in [-0.05, 0) is 25.7 Å². The third-order valence-electron chi connectivity index (χ3n) is 2.89. The third kappa shape index (κ3) is 23.2. The van der Waals surface area contributed by atoms with Gasteiger partial charge in [-0.15, -0.1) is 0 Å². The Balaban J connectivity index is 0. The van der Waals surface area contributed by atoms with Gasteiger partial charge in [0.25, 0.3) is 0 Å². The largest absolute Gasteiger partial charge is 0.481 e. The molecule has 1 atom stereocenters. The van der Waals surface area contributed by atoms with Gasteiger partial charge in [-0.2, -0.15) is 0 Å². The lowest BCUT2D eigenvalue weighted by Crippen LogP contribution is -2.17. The minimum absolute atomic E-state index is 0.0618. The molecule has 23 heavy (non-hydrogen) atoms. The summed E-state index contributed by atoms with van der Waals surface area (Å²) in [5.74, 6) is -1.32. The van der Waals surface area contributed by atoms with Crippen LogP contribution in [0.4, 0.5) is 0 Å². The number of aliphatic carboxylic acids is 1. The van der Waals surface area contributed by atoms with Crippen LogP contribution in [-0.2, 0) is 14.3 Å². The molecule has 0 aliphatic carbocycles. The number of rotatable bonds is 12. The molecule has 0 aromatic carbocycles. The van der Waals surface area contributed by atoms with Crippen molar-refractivity contribution in [3.8, 4) is 0 Å². The summed E-state index contributed by atoms with van der Waals surface area (Å²) in [6, 6.07) is 0. The molecule has 7 heteroatoms. The maximum absolute atomic E-state index is 11.2. The molecule has 0 heterocycles. The van der Waals surface area contributed by atoms with Gasteiger partial charge in [0.2, 0.25) is 6.29 Å². The van der Waals surface area contributed by atoms with Gasteiger partial charge < -0.3 is 25.2 Å². The number of carbonyl (C=O) groups excluding carboxylic acids is 1. The Morgan fingerprint density at radius 2 is 1.48 bits per heavy atom. The number of carboxylic acids is 1. The molecule has 0 spiro atoms. The maximum atomic E-state index is 11.2. The standard InChI is InChI=1S/C12H22O5.C4H10O2/c1-2-3-4-8-11(15)17-12(16)9-6-5-7-10(13)14;1-2-3-4(5)6/h11,15H,2-9H2,1H3,(H,13,14);4-6H,2-3H2,1H3. The van der Waals surface area contributed by atoms with Crippen LogP contribution in [0.2, 0.25) is 0 Å². The van der Waals surface area contributed by atoms with Crippen molar-refractivity contribution in [3.05, 3.63) is 0 Å². The van der Waals surface area contributed by atoms with Crippen LogP contribution in [0.25, 0.3) is 0 Å². The second-order valence-corrected chi connectivity index (χ2v) is 5.31. The van der Waals surface area contributed by atoms with E-state index in [0.29, 0.717) is 25.7 Å². The highest BCUT2D eigenvalue weighted by atomic mass is 16.6. The molecule has 0 aromatic rings. The SMILES string of the molecule is CCCC(O)O.CCCCCC(O)OC(=O)CCCCC(=O)O. The molecule has 0 aliphatic rings. The average Bonchev–Trinajstić information content (AvgIpc) is 2.44. The Bertz CT molecular complexity index is 292. The van der Waals surface area contributed by atoms with Gasteiger partial charge in [-0.1, -0.05) is 33.1 Å². The van der Waals surface area contributed by atoms with Crippen LogP contribution in [0.1, 0.15) is 78.1 Å². The van der Waals surface area contributed by atoms with E-state index in [1.807, 2.05) is 6.92 Å². The van der Waals surface area contributed by atoms with E-state index >= 15 is 0 Å². The summed E-state index contributed by atoms with van der Waals surface area (Å²) in [5, 5.41) is 34.0. The van der Waals surface area contributed by atoms with Gasteiger partial charge >= 0.3 is 11.9 Å².